The normalized spacial score (nSPS) is 12.1. The van der Waals surface area contributed by atoms with Gasteiger partial charge in [0.1, 0.15) is 5.75 Å². The Labute approximate surface area is 121 Å². The Morgan fingerprint density at radius 1 is 1.20 bits per heavy atom. The summed E-state index contributed by atoms with van der Waals surface area (Å²) in [6, 6.07) is 1.50. The zero-order valence-corrected chi connectivity index (χ0v) is 12.9. The molecule has 0 unspecified atom stereocenters. The van der Waals surface area contributed by atoms with Crippen LogP contribution in [-0.4, -0.2) is 14.5 Å². The first-order chi connectivity index (χ1) is 9.07. The standard InChI is InChI=1S/C14H17ClN2O3/c1-7-6-8-9(10(15)11(7)18)13(20)16(5)17(12(8)19)14(2,3)4/h6,18H,1-5H3. The fourth-order valence-corrected chi connectivity index (χ4v) is 2.73. The lowest BCUT2D eigenvalue weighted by Gasteiger charge is -2.26. The zero-order valence-electron chi connectivity index (χ0n) is 12.1. The first-order valence-electron chi connectivity index (χ1n) is 6.22. The minimum atomic E-state index is -0.544. The van der Waals surface area contributed by atoms with Crippen molar-refractivity contribution in [3.8, 4) is 5.75 Å². The van der Waals surface area contributed by atoms with Crippen LogP contribution in [0.25, 0.3) is 10.8 Å². The van der Waals surface area contributed by atoms with Crippen molar-refractivity contribution in [2.75, 3.05) is 0 Å². The van der Waals surface area contributed by atoms with Crippen LogP contribution in [0, 0.1) is 6.92 Å². The van der Waals surface area contributed by atoms with Gasteiger partial charge in [0, 0.05) is 7.05 Å². The molecule has 20 heavy (non-hydrogen) atoms. The third-order valence-corrected chi connectivity index (χ3v) is 3.67. The summed E-state index contributed by atoms with van der Waals surface area (Å²) in [5.74, 6) is -0.163. The van der Waals surface area contributed by atoms with Gasteiger partial charge in [-0.15, -0.1) is 0 Å². The summed E-state index contributed by atoms with van der Waals surface area (Å²) in [5, 5.41) is 10.1. The fourth-order valence-electron chi connectivity index (χ4n) is 2.40. The Bertz CT molecular complexity index is 826. The van der Waals surface area contributed by atoms with Gasteiger partial charge in [-0.25, -0.2) is 9.36 Å². The Balaban J connectivity index is 3.19. The van der Waals surface area contributed by atoms with Crippen molar-refractivity contribution in [1.29, 1.82) is 0 Å². The second-order valence-electron chi connectivity index (χ2n) is 5.90. The summed E-state index contributed by atoms with van der Waals surface area (Å²) in [4.78, 5) is 25.1. The summed E-state index contributed by atoms with van der Waals surface area (Å²) in [6.07, 6.45) is 0. The van der Waals surface area contributed by atoms with Crippen molar-refractivity contribution in [1.82, 2.24) is 9.36 Å². The lowest BCUT2D eigenvalue weighted by atomic mass is 10.1. The molecule has 2 aromatic rings. The van der Waals surface area contributed by atoms with Crippen molar-refractivity contribution in [2.24, 2.45) is 7.05 Å². The van der Waals surface area contributed by atoms with Crippen molar-refractivity contribution in [3.05, 3.63) is 37.4 Å². The van der Waals surface area contributed by atoms with Gasteiger partial charge < -0.3 is 5.11 Å². The molecule has 0 saturated heterocycles. The minimum Gasteiger partial charge on any atom is -0.506 e. The average molecular weight is 297 g/mol. The third-order valence-electron chi connectivity index (χ3n) is 3.30. The number of hydrogen-bond acceptors (Lipinski definition) is 3. The number of aryl methyl sites for hydroxylation is 1. The number of benzene rings is 1. The second-order valence-corrected chi connectivity index (χ2v) is 6.27. The van der Waals surface area contributed by atoms with Gasteiger partial charge in [-0.1, -0.05) is 11.6 Å². The van der Waals surface area contributed by atoms with Gasteiger partial charge >= 0.3 is 0 Å². The van der Waals surface area contributed by atoms with Crippen LogP contribution >= 0.6 is 11.6 Å². The summed E-state index contributed by atoms with van der Waals surface area (Å²) < 4.78 is 2.63. The highest BCUT2D eigenvalue weighted by Gasteiger charge is 2.23. The minimum absolute atomic E-state index is 0.0581. The first kappa shape index (κ1) is 14.7. The molecule has 1 aromatic carbocycles. The first-order valence-corrected chi connectivity index (χ1v) is 6.59. The SMILES string of the molecule is Cc1cc2c(=O)n(C(C)(C)C)n(C)c(=O)c2c(Cl)c1O. The highest BCUT2D eigenvalue weighted by Crippen LogP contribution is 2.32. The van der Waals surface area contributed by atoms with E-state index in [0.717, 1.165) is 0 Å². The van der Waals surface area contributed by atoms with Crippen LogP contribution < -0.4 is 11.1 Å². The lowest BCUT2D eigenvalue weighted by Crippen LogP contribution is -2.45. The molecule has 0 aliphatic rings. The Kier molecular flexibility index (Phi) is 3.21. The third kappa shape index (κ3) is 1.93. The molecule has 0 bridgehead atoms. The number of rotatable bonds is 0. The van der Waals surface area contributed by atoms with E-state index in [1.165, 1.54) is 22.5 Å². The molecular formula is C14H17ClN2O3. The molecule has 1 heterocycles. The van der Waals surface area contributed by atoms with Crippen LogP contribution in [0.15, 0.2) is 15.7 Å². The maximum absolute atomic E-state index is 12.6. The van der Waals surface area contributed by atoms with Gasteiger partial charge in [-0.05, 0) is 39.3 Å². The molecule has 0 aliphatic heterocycles. The van der Waals surface area contributed by atoms with Gasteiger partial charge in [0.05, 0.1) is 21.3 Å². The smallest absolute Gasteiger partial charge is 0.274 e. The van der Waals surface area contributed by atoms with Crippen molar-refractivity contribution in [2.45, 2.75) is 33.2 Å². The molecule has 108 valence electrons. The number of fused-ring (bicyclic) bond motifs is 1. The van der Waals surface area contributed by atoms with Crippen LogP contribution in [0.2, 0.25) is 5.02 Å². The van der Waals surface area contributed by atoms with E-state index in [-0.39, 0.29) is 27.1 Å². The van der Waals surface area contributed by atoms with Crippen molar-refractivity contribution < 1.29 is 5.11 Å². The Morgan fingerprint density at radius 2 is 1.75 bits per heavy atom. The van der Waals surface area contributed by atoms with Crippen LogP contribution in [0.1, 0.15) is 26.3 Å². The summed E-state index contributed by atoms with van der Waals surface area (Å²) >= 11 is 6.04. The molecule has 1 N–H and O–H groups in total. The molecule has 2 rings (SSSR count). The van der Waals surface area contributed by atoms with E-state index in [1.807, 2.05) is 20.8 Å². The van der Waals surface area contributed by atoms with E-state index < -0.39 is 11.1 Å². The van der Waals surface area contributed by atoms with E-state index >= 15 is 0 Å². The number of phenolic OH excluding ortho intramolecular Hbond substituents is 1. The predicted molar refractivity (Wildman–Crippen MR) is 79.9 cm³/mol. The molecule has 5 nitrogen and oxygen atoms in total. The fraction of sp³-hybridized carbons (Fsp3) is 0.429. The monoisotopic (exact) mass is 296 g/mol. The molecule has 0 saturated carbocycles. The van der Waals surface area contributed by atoms with Gasteiger partial charge in [-0.2, -0.15) is 0 Å². The van der Waals surface area contributed by atoms with Crippen molar-refractivity contribution in [3.63, 3.8) is 0 Å². The van der Waals surface area contributed by atoms with E-state index in [0.29, 0.717) is 5.56 Å². The van der Waals surface area contributed by atoms with Gasteiger partial charge in [0.15, 0.2) is 0 Å². The summed E-state index contributed by atoms with van der Waals surface area (Å²) in [5.41, 5.74) is -0.792. The van der Waals surface area contributed by atoms with Crippen molar-refractivity contribution >= 4 is 22.4 Å². The Hall–Kier alpha value is -1.75. The molecule has 0 spiro atoms. The highest BCUT2D eigenvalue weighted by molar-refractivity contribution is 6.37. The van der Waals surface area contributed by atoms with Gasteiger partial charge in [0.25, 0.3) is 11.1 Å². The maximum Gasteiger partial charge on any atom is 0.274 e. The topological polar surface area (TPSA) is 64.2 Å². The predicted octanol–water partition coefficient (Wildman–Crippen LogP) is 2.12. The summed E-state index contributed by atoms with van der Waals surface area (Å²) in [6.45, 7) is 7.16. The molecular weight excluding hydrogens is 280 g/mol. The summed E-state index contributed by atoms with van der Waals surface area (Å²) in [7, 11) is 1.52. The van der Waals surface area contributed by atoms with Gasteiger partial charge in [0.2, 0.25) is 0 Å². The van der Waals surface area contributed by atoms with E-state index in [4.69, 9.17) is 11.6 Å². The second kappa shape index (κ2) is 4.38. The maximum atomic E-state index is 12.6. The van der Waals surface area contributed by atoms with E-state index in [1.54, 1.807) is 6.92 Å². The lowest BCUT2D eigenvalue weighted by molar-refractivity contribution is 0.290. The molecule has 0 aliphatic carbocycles. The Morgan fingerprint density at radius 3 is 2.25 bits per heavy atom. The molecule has 0 atom stereocenters. The molecule has 6 heteroatoms. The molecule has 0 amide bonds. The van der Waals surface area contributed by atoms with Crippen LogP contribution in [0.4, 0.5) is 0 Å². The zero-order chi connectivity index (χ0) is 15.4. The van der Waals surface area contributed by atoms with E-state index in [9.17, 15) is 14.7 Å². The number of nitrogens with zero attached hydrogens (tertiary/aromatic N) is 2. The number of phenols is 1. The number of aromatic nitrogens is 2. The van der Waals surface area contributed by atoms with Crippen LogP contribution in [0.3, 0.4) is 0 Å². The molecule has 1 aromatic heterocycles. The van der Waals surface area contributed by atoms with Crippen LogP contribution in [-0.2, 0) is 12.6 Å². The number of hydrogen-bond donors (Lipinski definition) is 1. The number of halogens is 1. The molecule has 0 radical (unpaired) electrons. The average Bonchev–Trinajstić information content (AvgIpc) is 2.31. The quantitative estimate of drug-likeness (QED) is 0.810. The van der Waals surface area contributed by atoms with E-state index in [2.05, 4.69) is 0 Å². The van der Waals surface area contributed by atoms with Crippen LogP contribution in [0.5, 0.6) is 5.75 Å². The van der Waals surface area contributed by atoms with Gasteiger partial charge in [-0.3, -0.25) is 9.59 Å². The number of aromatic hydroxyl groups is 1. The molecule has 0 fully saturated rings. The largest absolute Gasteiger partial charge is 0.506 e. The highest BCUT2D eigenvalue weighted by atomic mass is 35.5.